The van der Waals surface area contributed by atoms with Gasteiger partial charge in [-0.1, -0.05) is 29.4 Å². The van der Waals surface area contributed by atoms with Gasteiger partial charge >= 0.3 is 0 Å². The molecule has 0 aliphatic rings. The van der Waals surface area contributed by atoms with Crippen LogP contribution in [-0.2, 0) is 6.42 Å². The third-order valence-electron chi connectivity index (χ3n) is 4.35. The number of halogens is 3. The molecule has 27 heavy (non-hydrogen) atoms. The smallest absolute Gasteiger partial charge is 0.170 e. The molecule has 0 spiro atoms. The van der Waals surface area contributed by atoms with Gasteiger partial charge in [0.25, 0.3) is 0 Å². The molecule has 0 aliphatic heterocycles. The normalized spacial score (nSPS) is 12.4. The number of nitrogens with two attached hydrogens (primary N) is 1. The van der Waals surface area contributed by atoms with Crippen LogP contribution in [0.25, 0.3) is 22.2 Å². The van der Waals surface area contributed by atoms with Crippen LogP contribution in [0.2, 0.25) is 0 Å². The van der Waals surface area contributed by atoms with Crippen molar-refractivity contribution >= 4 is 26.9 Å². The van der Waals surface area contributed by atoms with Crippen LogP contribution in [-0.4, -0.2) is 10.1 Å². The lowest BCUT2D eigenvalue weighted by Gasteiger charge is -2.16. The molecule has 0 fully saturated rings. The highest BCUT2D eigenvalue weighted by Gasteiger charge is 2.19. The lowest BCUT2D eigenvalue weighted by Crippen LogP contribution is -2.16. The highest BCUT2D eigenvalue weighted by atomic mass is 79.9. The van der Waals surface area contributed by atoms with E-state index in [0.29, 0.717) is 21.3 Å². The lowest BCUT2D eigenvalue weighted by atomic mass is 9.94. The predicted octanol–water partition coefficient (Wildman–Crippen LogP) is 5.17. The number of hydrogen-bond donors (Lipinski definition) is 1. The van der Waals surface area contributed by atoms with E-state index < -0.39 is 17.7 Å². The fourth-order valence-electron chi connectivity index (χ4n) is 3.06. The van der Waals surface area contributed by atoms with E-state index in [2.05, 4.69) is 26.1 Å². The van der Waals surface area contributed by atoms with Gasteiger partial charge in [-0.3, -0.25) is 0 Å². The van der Waals surface area contributed by atoms with Crippen molar-refractivity contribution in [1.82, 2.24) is 10.1 Å². The fourth-order valence-corrected chi connectivity index (χ4v) is 3.41. The van der Waals surface area contributed by atoms with Crippen molar-refractivity contribution in [2.75, 3.05) is 0 Å². The fraction of sp³-hybridized carbons (Fsp3) is 0.100. The minimum absolute atomic E-state index is 0.215. The molecule has 0 radical (unpaired) electrons. The number of fused-ring (bicyclic) bond motifs is 1. The zero-order valence-electron chi connectivity index (χ0n) is 14.0. The Labute approximate surface area is 162 Å². The van der Waals surface area contributed by atoms with Crippen LogP contribution < -0.4 is 5.73 Å². The molecule has 2 aromatic heterocycles. The van der Waals surface area contributed by atoms with Crippen LogP contribution >= 0.6 is 15.9 Å². The summed E-state index contributed by atoms with van der Waals surface area (Å²) in [6.07, 6.45) is 0.215. The highest BCUT2D eigenvalue weighted by molar-refractivity contribution is 9.10. The van der Waals surface area contributed by atoms with Crippen LogP contribution in [0.4, 0.5) is 8.78 Å². The summed E-state index contributed by atoms with van der Waals surface area (Å²) in [5.41, 5.74) is 9.11. The van der Waals surface area contributed by atoms with Crippen LogP contribution in [0.15, 0.2) is 63.7 Å². The predicted molar refractivity (Wildman–Crippen MR) is 102 cm³/mol. The van der Waals surface area contributed by atoms with Gasteiger partial charge in [0.2, 0.25) is 0 Å². The van der Waals surface area contributed by atoms with E-state index in [1.165, 1.54) is 18.2 Å². The summed E-state index contributed by atoms with van der Waals surface area (Å²) >= 11 is 3.25. The van der Waals surface area contributed by atoms with Crippen molar-refractivity contribution in [1.29, 1.82) is 0 Å². The van der Waals surface area contributed by atoms with Crippen LogP contribution in [0, 0.1) is 11.6 Å². The second kappa shape index (κ2) is 7.17. The van der Waals surface area contributed by atoms with E-state index in [4.69, 9.17) is 10.3 Å². The van der Waals surface area contributed by atoms with Gasteiger partial charge in [-0.2, -0.15) is 0 Å². The quantitative estimate of drug-likeness (QED) is 0.454. The van der Waals surface area contributed by atoms with E-state index in [-0.39, 0.29) is 12.1 Å². The SMILES string of the molecule is N[C@@H](Cc1nc(Br)ccc1F)c1ccccc1-c1noc2cc(F)ccc12. The summed E-state index contributed by atoms with van der Waals surface area (Å²) in [5.74, 6) is -0.806. The monoisotopic (exact) mass is 429 g/mol. The zero-order chi connectivity index (χ0) is 19.0. The Kier molecular flexibility index (Phi) is 4.72. The molecule has 4 nitrogen and oxygen atoms in total. The molecule has 2 heterocycles. The Bertz CT molecular complexity index is 1130. The Morgan fingerprint density at radius 3 is 2.74 bits per heavy atom. The van der Waals surface area contributed by atoms with E-state index in [1.807, 2.05) is 24.3 Å². The van der Waals surface area contributed by atoms with Crippen molar-refractivity contribution in [2.45, 2.75) is 12.5 Å². The molecule has 2 aromatic carbocycles. The van der Waals surface area contributed by atoms with Gasteiger partial charge in [0.05, 0.1) is 5.69 Å². The van der Waals surface area contributed by atoms with Gasteiger partial charge < -0.3 is 10.3 Å². The van der Waals surface area contributed by atoms with Gasteiger partial charge in [0.1, 0.15) is 21.9 Å². The maximum Gasteiger partial charge on any atom is 0.170 e. The van der Waals surface area contributed by atoms with Crippen LogP contribution in [0.5, 0.6) is 0 Å². The minimum atomic E-state index is -0.510. The first-order valence-corrected chi connectivity index (χ1v) is 9.03. The Balaban J connectivity index is 1.75. The number of hydrogen-bond acceptors (Lipinski definition) is 4. The van der Waals surface area contributed by atoms with Crippen LogP contribution in [0.1, 0.15) is 17.3 Å². The molecule has 7 heteroatoms. The van der Waals surface area contributed by atoms with Crippen molar-refractivity contribution in [3.05, 3.63) is 82.1 Å². The first kappa shape index (κ1) is 17.8. The Morgan fingerprint density at radius 2 is 1.89 bits per heavy atom. The Morgan fingerprint density at radius 1 is 1.07 bits per heavy atom. The molecule has 1 atom stereocenters. The summed E-state index contributed by atoms with van der Waals surface area (Å²) in [6.45, 7) is 0. The average Bonchev–Trinajstić information content (AvgIpc) is 3.07. The number of aromatic nitrogens is 2. The van der Waals surface area contributed by atoms with Gasteiger partial charge in [-0.05, 0) is 45.8 Å². The van der Waals surface area contributed by atoms with Gasteiger partial charge in [0, 0.05) is 29.5 Å². The summed E-state index contributed by atoms with van der Waals surface area (Å²) < 4.78 is 33.3. The van der Waals surface area contributed by atoms with Crippen molar-refractivity contribution in [2.24, 2.45) is 5.73 Å². The molecule has 4 aromatic rings. The van der Waals surface area contributed by atoms with Gasteiger partial charge in [-0.15, -0.1) is 0 Å². The van der Waals surface area contributed by atoms with E-state index in [9.17, 15) is 8.78 Å². The van der Waals surface area contributed by atoms with Gasteiger partial charge in [0.15, 0.2) is 5.58 Å². The van der Waals surface area contributed by atoms with Crippen molar-refractivity contribution in [3.63, 3.8) is 0 Å². The molecule has 4 rings (SSSR count). The molecule has 0 saturated carbocycles. The molecular formula is C20H14BrF2N3O. The summed E-state index contributed by atoms with van der Waals surface area (Å²) in [4.78, 5) is 4.18. The highest BCUT2D eigenvalue weighted by Crippen LogP contribution is 2.33. The van der Waals surface area contributed by atoms with E-state index in [1.54, 1.807) is 12.1 Å². The number of benzene rings is 2. The summed E-state index contributed by atoms with van der Waals surface area (Å²) in [6, 6.07) is 14.1. The topological polar surface area (TPSA) is 64.9 Å². The second-order valence-electron chi connectivity index (χ2n) is 6.13. The number of rotatable bonds is 4. The van der Waals surface area contributed by atoms with Crippen LogP contribution in [0.3, 0.4) is 0 Å². The van der Waals surface area contributed by atoms with Gasteiger partial charge in [-0.25, -0.2) is 13.8 Å². The molecular weight excluding hydrogens is 416 g/mol. The van der Waals surface area contributed by atoms with Crippen molar-refractivity contribution in [3.8, 4) is 11.3 Å². The Hall–Kier alpha value is -2.64. The third kappa shape index (κ3) is 3.48. The number of pyridine rings is 1. The first-order chi connectivity index (χ1) is 13.0. The third-order valence-corrected chi connectivity index (χ3v) is 4.79. The summed E-state index contributed by atoms with van der Waals surface area (Å²) in [5, 5.41) is 4.78. The molecule has 0 bridgehead atoms. The minimum Gasteiger partial charge on any atom is -0.356 e. The van der Waals surface area contributed by atoms with E-state index in [0.717, 1.165) is 11.1 Å². The first-order valence-electron chi connectivity index (χ1n) is 8.23. The molecule has 0 saturated heterocycles. The maximum absolute atomic E-state index is 14.1. The summed E-state index contributed by atoms with van der Waals surface area (Å²) in [7, 11) is 0. The molecule has 0 unspecified atom stereocenters. The second-order valence-corrected chi connectivity index (χ2v) is 6.94. The standard InChI is InChI=1S/C20H14BrF2N3O/c21-19-8-7-15(23)17(25-19)10-16(24)12-3-1-2-4-13(12)20-14-6-5-11(22)9-18(14)27-26-20/h1-9,16H,10,24H2/t16-/m0/s1. The zero-order valence-corrected chi connectivity index (χ0v) is 15.6. The number of nitrogens with zero attached hydrogens (tertiary/aromatic N) is 2. The average molecular weight is 430 g/mol. The molecule has 2 N–H and O–H groups in total. The van der Waals surface area contributed by atoms with E-state index >= 15 is 0 Å². The maximum atomic E-state index is 14.1. The molecule has 0 aliphatic carbocycles. The molecule has 136 valence electrons. The lowest BCUT2D eigenvalue weighted by molar-refractivity contribution is 0.457. The largest absolute Gasteiger partial charge is 0.356 e. The molecule has 0 amide bonds. The van der Waals surface area contributed by atoms with Crippen molar-refractivity contribution < 1.29 is 13.3 Å².